The lowest BCUT2D eigenvalue weighted by atomic mass is 10.2. The molecule has 8 heteroatoms. The molecular formula is C16H18N8. The van der Waals surface area contributed by atoms with Crippen LogP contribution in [0.15, 0.2) is 30.9 Å². The number of piperazine rings is 1. The fraction of sp³-hybridized carbons (Fsp3) is 0.312. The number of nitrogens with zero attached hydrogens (tertiary/aromatic N) is 7. The summed E-state index contributed by atoms with van der Waals surface area (Å²) >= 11 is 0. The summed E-state index contributed by atoms with van der Waals surface area (Å²) in [7, 11) is 2.13. The van der Waals surface area contributed by atoms with E-state index in [2.05, 4.69) is 41.8 Å². The molecule has 0 unspecified atom stereocenters. The smallest absolute Gasteiger partial charge is 0.225 e. The molecule has 122 valence electrons. The third-order valence-corrected chi connectivity index (χ3v) is 4.20. The normalized spacial score (nSPS) is 15.8. The molecule has 2 N–H and O–H groups in total. The molecule has 0 atom stereocenters. The molecule has 3 aromatic rings. The number of nitrogen functional groups attached to an aromatic ring is 1. The number of aromatic nitrogens is 5. The first-order chi connectivity index (χ1) is 11.7. The van der Waals surface area contributed by atoms with E-state index in [1.54, 1.807) is 24.8 Å². The van der Waals surface area contributed by atoms with Gasteiger partial charge in [0.05, 0.1) is 11.2 Å². The SMILES string of the molecule is CN1CCN(c2ncc(-c3cc4nc(N)ncc4cn3)cn2)CC1. The monoisotopic (exact) mass is 322 g/mol. The molecule has 0 bridgehead atoms. The Kier molecular flexibility index (Phi) is 3.66. The van der Waals surface area contributed by atoms with E-state index in [1.165, 1.54) is 0 Å². The van der Waals surface area contributed by atoms with Crippen molar-refractivity contribution < 1.29 is 0 Å². The maximum Gasteiger partial charge on any atom is 0.225 e. The summed E-state index contributed by atoms with van der Waals surface area (Å²) in [5.74, 6) is 1.01. The minimum absolute atomic E-state index is 0.251. The molecule has 1 fully saturated rings. The minimum atomic E-state index is 0.251. The summed E-state index contributed by atoms with van der Waals surface area (Å²) in [5, 5.41) is 0.850. The zero-order valence-electron chi connectivity index (χ0n) is 13.4. The van der Waals surface area contributed by atoms with Gasteiger partial charge in [-0.05, 0) is 13.1 Å². The van der Waals surface area contributed by atoms with Gasteiger partial charge in [-0.25, -0.2) is 19.9 Å². The van der Waals surface area contributed by atoms with Gasteiger partial charge in [-0.1, -0.05) is 0 Å². The molecule has 1 aliphatic rings. The molecule has 0 radical (unpaired) electrons. The molecule has 24 heavy (non-hydrogen) atoms. The van der Waals surface area contributed by atoms with Crippen LogP contribution in [0.3, 0.4) is 0 Å². The summed E-state index contributed by atoms with van der Waals surface area (Å²) in [6, 6.07) is 1.88. The number of likely N-dealkylation sites (N-methyl/N-ethyl adjacent to an activating group) is 1. The maximum atomic E-state index is 5.65. The Hall–Kier alpha value is -2.87. The van der Waals surface area contributed by atoms with Crippen molar-refractivity contribution in [3.63, 3.8) is 0 Å². The second-order valence-corrected chi connectivity index (χ2v) is 5.92. The molecule has 0 aliphatic carbocycles. The van der Waals surface area contributed by atoms with Gasteiger partial charge in [0.2, 0.25) is 11.9 Å². The standard InChI is InChI=1S/C16H18N8/c1-23-2-4-24(5-3-23)16-20-9-11(10-21-16)13-6-14-12(7-18-13)8-19-15(17)22-14/h6-10H,2-5H2,1H3,(H2,17,19,22). The highest BCUT2D eigenvalue weighted by atomic mass is 15.3. The van der Waals surface area contributed by atoms with Gasteiger partial charge >= 0.3 is 0 Å². The van der Waals surface area contributed by atoms with Gasteiger partial charge in [-0.2, -0.15) is 0 Å². The van der Waals surface area contributed by atoms with Crippen LogP contribution in [0.1, 0.15) is 0 Å². The number of pyridine rings is 1. The Labute approximate surface area is 139 Å². The van der Waals surface area contributed by atoms with Crippen molar-refractivity contribution in [3.05, 3.63) is 30.9 Å². The Morgan fingerprint density at radius 2 is 1.62 bits per heavy atom. The molecule has 4 heterocycles. The van der Waals surface area contributed by atoms with E-state index in [9.17, 15) is 0 Å². The van der Waals surface area contributed by atoms with Crippen molar-refractivity contribution in [2.24, 2.45) is 0 Å². The van der Waals surface area contributed by atoms with Gasteiger partial charge < -0.3 is 15.5 Å². The Morgan fingerprint density at radius 3 is 2.38 bits per heavy atom. The van der Waals surface area contributed by atoms with E-state index < -0.39 is 0 Å². The summed E-state index contributed by atoms with van der Waals surface area (Å²) in [4.78, 5) is 26.1. The summed E-state index contributed by atoms with van der Waals surface area (Å²) in [6.07, 6.45) is 7.01. The number of hydrogen-bond acceptors (Lipinski definition) is 8. The summed E-state index contributed by atoms with van der Waals surface area (Å²) in [5.41, 5.74) is 8.03. The van der Waals surface area contributed by atoms with Crippen LogP contribution in [0, 0.1) is 0 Å². The van der Waals surface area contributed by atoms with Gasteiger partial charge in [-0.15, -0.1) is 0 Å². The number of rotatable bonds is 2. The van der Waals surface area contributed by atoms with Crippen molar-refractivity contribution in [1.29, 1.82) is 0 Å². The Bertz CT molecular complexity index is 856. The predicted molar refractivity (Wildman–Crippen MR) is 92.5 cm³/mol. The first kappa shape index (κ1) is 14.7. The van der Waals surface area contributed by atoms with E-state index in [0.29, 0.717) is 0 Å². The van der Waals surface area contributed by atoms with Crippen molar-refractivity contribution in [1.82, 2.24) is 29.8 Å². The van der Waals surface area contributed by atoms with Gasteiger partial charge in [-0.3, -0.25) is 4.98 Å². The zero-order chi connectivity index (χ0) is 16.5. The van der Waals surface area contributed by atoms with Crippen LogP contribution in [0.4, 0.5) is 11.9 Å². The minimum Gasteiger partial charge on any atom is -0.368 e. The van der Waals surface area contributed by atoms with E-state index in [1.807, 2.05) is 6.07 Å². The highest BCUT2D eigenvalue weighted by Crippen LogP contribution is 2.21. The molecule has 4 rings (SSSR count). The van der Waals surface area contributed by atoms with Crippen molar-refractivity contribution in [3.8, 4) is 11.3 Å². The third kappa shape index (κ3) is 2.83. The molecular weight excluding hydrogens is 304 g/mol. The second kappa shape index (κ2) is 5.97. The van der Waals surface area contributed by atoms with Crippen LogP contribution >= 0.6 is 0 Å². The largest absolute Gasteiger partial charge is 0.368 e. The number of fused-ring (bicyclic) bond motifs is 1. The lowest BCUT2D eigenvalue weighted by Crippen LogP contribution is -2.45. The van der Waals surface area contributed by atoms with Crippen LogP contribution in [-0.4, -0.2) is 63.0 Å². The maximum absolute atomic E-state index is 5.65. The first-order valence-electron chi connectivity index (χ1n) is 7.83. The number of hydrogen-bond donors (Lipinski definition) is 1. The third-order valence-electron chi connectivity index (χ3n) is 4.20. The first-order valence-corrected chi connectivity index (χ1v) is 7.83. The molecule has 0 saturated carbocycles. The average Bonchev–Trinajstić information content (AvgIpc) is 2.62. The van der Waals surface area contributed by atoms with Crippen LogP contribution in [-0.2, 0) is 0 Å². The number of nitrogens with two attached hydrogens (primary N) is 1. The second-order valence-electron chi connectivity index (χ2n) is 5.92. The molecule has 0 aromatic carbocycles. The van der Waals surface area contributed by atoms with E-state index in [4.69, 9.17) is 5.73 Å². The zero-order valence-corrected chi connectivity index (χ0v) is 13.4. The fourth-order valence-electron chi connectivity index (χ4n) is 2.72. The van der Waals surface area contributed by atoms with Crippen molar-refractivity contribution in [2.75, 3.05) is 43.9 Å². The van der Waals surface area contributed by atoms with Gasteiger partial charge in [0.15, 0.2) is 0 Å². The Morgan fingerprint density at radius 1 is 0.917 bits per heavy atom. The van der Waals surface area contributed by atoms with Gasteiger partial charge in [0, 0.05) is 61.9 Å². The lowest BCUT2D eigenvalue weighted by molar-refractivity contribution is 0.311. The average molecular weight is 322 g/mol. The molecule has 1 aliphatic heterocycles. The van der Waals surface area contributed by atoms with Crippen molar-refractivity contribution >= 4 is 22.8 Å². The van der Waals surface area contributed by atoms with Crippen molar-refractivity contribution in [2.45, 2.75) is 0 Å². The van der Waals surface area contributed by atoms with Gasteiger partial charge in [0.1, 0.15) is 0 Å². The molecule has 3 aromatic heterocycles. The number of anilines is 2. The fourth-order valence-corrected chi connectivity index (χ4v) is 2.72. The quantitative estimate of drug-likeness (QED) is 0.740. The van der Waals surface area contributed by atoms with Crippen LogP contribution < -0.4 is 10.6 Å². The molecule has 1 saturated heterocycles. The molecule has 0 amide bonds. The van der Waals surface area contributed by atoms with E-state index >= 15 is 0 Å². The highest BCUT2D eigenvalue weighted by Gasteiger charge is 2.16. The molecule has 0 spiro atoms. The predicted octanol–water partition coefficient (Wildman–Crippen LogP) is 0.816. The Balaban J connectivity index is 1.60. The van der Waals surface area contributed by atoms with E-state index in [0.717, 1.165) is 54.3 Å². The van der Waals surface area contributed by atoms with Crippen LogP contribution in [0.2, 0.25) is 0 Å². The van der Waals surface area contributed by atoms with Crippen LogP contribution in [0.5, 0.6) is 0 Å². The van der Waals surface area contributed by atoms with Crippen LogP contribution in [0.25, 0.3) is 22.2 Å². The van der Waals surface area contributed by atoms with Gasteiger partial charge in [0.25, 0.3) is 0 Å². The summed E-state index contributed by atoms with van der Waals surface area (Å²) in [6.45, 7) is 3.94. The molecule has 8 nitrogen and oxygen atoms in total. The highest BCUT2D eigenvalue weighted by molar-refractivity contribution is 5.81. The van der Waals surface area contributed by atoms with E-state index in [-0.39, 0.29) is 5.95 Å². The lowest BCUT2D eigenvalue weighted by Gasteiger charge is -2.32. The summed E-state index contributed by atoms with van der Waals surface area (Å²) < 4.78 is 0. The topological polar surface area (TPSA) is 97.0 Å².